The van der Waals surface area contributed by atoms with Crippen molar-refractivity contribution in [3.63, 3.8) is 0 Å². The number of aliphatic hydroxyl groups is 2. The second-order valence-corrected chi connectivity index (χ2v) is 8.70. The third-order valence-electron chi connectivity index (χ3n) is 5.99. The van der Waals surface area contributed by atoms with Crippen LogP contribution in [-0.2, 0) is 9.59 Å². The number of aliphatic hydroxyl groups excluding tert-OH is 2. The molecule has 2 N–H and O–H groups in total. The predicted octanol–water partition coefficient (Wildman–Crippen LogP) is 4.33. The van der Waals surface area contributed by atoms with Gasteiger partial charge in [0.1, 0.15) is 23.9 Å². The third-order valence-corrected chi connectivity index (χ3v) is 5.99. The molecule has 1 atom stereocenters. The normalized spacial score (nSPS) is 17.5. The minimum Gasteiger partial charge on any atom is -0.507 e. The topological polar surface area (TPSA) is 96.3 Å². The molecule has 7 heteroatoms. The number of hydrogen-bond acceptors (Lipinski definition) is 6. The standard InChI is InChI=1S/C27H33NO6/c1-6-10-28-24(18-8-7-9-19(14-18)34-12-11-29)23(26(31)27(28)32)25(30)21-15-20(16(2)3)22(33-5)13-17(21)4/h7-9,13-16,24,29-30H,6,10-12H2,1-5H3/b25-23+. The second kappa shape index (κ2) is 10.7. The van der Waals surface area contributed by atoms with Gasteiger partial charge in [0.2, 0.25) is 0 Å². The molecule has 0 spiro atoms. The van der Waals surface area contributed by atoms with Gasteiger partial charge in [-0.2, -0.15) is 0 Å². The van der Waals surface area contributed by atoms with Crippen LogP contribution in [0.5, 0.6) is 11.5 Å². The zero-order chi connectivity index (χ0) is 25.0. The van der Waals surface area contributed by atoms with Crippen LogP contribution in [0.3, 0.4) is 0 Å². The third kappa shape index (κ3) is 4.80. The van der Waals surface area contributed by atoms with Crippen LogP contribution < -0.4 is 9.47 Å². The first-order valence-corrected chi connectivity index (χ1v) is 11.6. The van der Waals surface area contributed by atoms with E-state index >= 15 is 0 Å². The fourth-order valence-corrected chi connectivity index (χ4v) is 4.36. The molecule has 1 aliphatic rings. The molecule has 34 heavy (non-hydrogen) atoms. The lowest BCUT2D eigenvalue weighted by atomic mass is 9.91. The molecule has 7 nitrogen and oxygen atoms in total. The first-order chi connectivity index (χ1) is 16.2. The highest BCUT2D eigenvalue weighted by molar-refractivity contribution is 6.46. The summed E-state index contributed by atoms with van der Waals surface area (Å²) in [6.07, 6.45) is 0.656. The highest BCUT2D eigenvalue weighted by Gasteiger charge is 2.46. The first kappa shape index (κ1) is 25.3. The van der Waals surface area contributed by atoms with Gasteiger partial charge in [0, 0.05) is 12.1 Å². The highest BCUT2D eigenvalue weighted by atomic mass is 16.5. The van der Waals surface area contributed by atoms with E-state index in [0.717, 1.165) is 11.1 Å². The van der Waals surface area contributed by atoms with Crippen molar-refractivity contribution < 1.29 is 29.3 Å². The van der Waals surface area contributed by atoms with E-state index in [9.17, 15) is 14.7 Å². The number of carbonyl (C=O) groups excluding carboxylic acids is 2. The number of amides is 1. The lowest BCUT2D eigenvalue weighted by Gasteiger charge is -2.25. The molecule has 0 radical (unpaired) electrons. The summed E-state index contributed by atoms with van der Waals surface area (Å²) in [7, 11) is 1.60. The van der Waals surface area contributed by atoms with Gasteiger partial charge in [0.05, 0.1) is 25.3 Å². The van der Waals surface area contributed by atoms with Crippen LogP contribution in [0.4, 0.5) is 0 Å². The van der Waals surface area contributed by atoms with Crippen LogP contribution >= 0.6 is 0 Å². The number of aryl methyl sites for hydroxylation is 1. The fourth-order valence-electron chi connectivity index (χ4n) is 4.36. The van der Waals surface area contributed by atoms with Gasteiger partial charge in [0.15, 0.2) is 0 Å². The number of carbonyl (C=O) groups is 2. The zero-order valence-electron chi connectivity index (χ0n) is 20.4. The Morgan fingerprint density at radius 1 is 1.18 bits per heavy atom. The summed E-state index contributed by atoms with van der Waals surface area (Å²) in [5.74, 6) is -0.201. The summed E-state index contributed by atoms with van der Waals surface area (Å²) >= 11 is 0. The quantitative estimate of drug-likeness (QED) is 0.324. The maximum absolute atomic E-state index is 13.2. The number of ether oxygens (including phenoxy) is 2. The van der Waals surface area contributed by atoms with Crippen LogP contribution in [0.2, 0.25) is 0 Å². The maximum Gasteiger partial charge on any atom is 0.295 e. The molecule has 2 aromatic carbocycles. The summed E-state index contributed by atoms with van der Waals surface area (Å²) in [6, 6.07) is 9.98. The SMILES string of the molecule is CCCN1C(=O)C(=O)/C(=C(/O)c2cc(C(C)C)c(OC)cc2C)C1c1cccc(OCCO)c1. The van der Waals surface area contributed by atoms with Crippen molar-refractivity contribution in [3.05, 3.63) is 64.2 Å². The molecule has 1 fully saturated rings. The summed E-state index contributed by atoms with van der Waals surface area (Å²) in [4.78, 5) is 27.7. The van der Waals surface area contributed by atoms with Crippen molar-refractivity contribution in [1.29, 1.82) is 0 Å². The number of hydrogen-bond donors (Lipinski definition) is 2. The molecule has 1 saturated heterocycles. The van der Waals surface area contributed by atoms with Crippen LogP contribution in [-0.4, -0.2) is 53.7 Å². The van der Waals surface area contributed by atoms with Crippen molar-refractivity contribution in [2.45, 2.75) is 46.1 Å². The van der Waals surface area contributed by atoms with E-state index in [4.69, 9.17) is 14.6 Å². The molecule has 182 valence electrons. The largest absolute Gasteiger partial charge is 0.507 e. The number of benzene rings is 2. The van der Waals surface area contributed by atoms with Gasteiger partial charge >= 0.3 is 0 Å². The van der Waals surface area contributed by atoms with E-state index in [-0.39, 0.29) is 30.5 Å². The molecule has 0 bridgehead atoms. The molecule has 0 aromatic heterocycles. The van der Waals surface area contributed by atoms with Gasteiger partial charge in [-0.05, 0) is 60.2 Å². The Morgan fingerprint density at radius 3 is 2.53 bits per heavy atom. The summed E-state index contributed by atoms with van der Waals surface area (Å²) in [6.45, 7) is 8.17. The number of Topliss-reactive ketones (excluding diaryl/α,β-unsaturated/α-hetero) is 1. The second-order valence-electron chi connectivity index (χ2n) is 8.70. The van der Waals surface area contributed by atoms with Crippen LogP contribution in [0.15, 0.2) is 42.0 Å². The average molecular weight is 468 g/mol. The summed E-state index contributed by atoms with van der Waals surface area (Å²) < 4.78 is 11.1. The molecular weight excluding hydrogens is 434 g/mol. The summed E-state index contributed by atoms with van der Waals surface area (Å²) in [5.41, 5.74) is 2.84. The fraction of sp³-hybridized carbons (Fsp3) is 0.407. The van der Waals surface area contributed by atoms with Gasteiger partial charge in [-0.25, -0.2) is 0 Å². The molecule has 1 aliphatic heterocycles. The maximum atomic E-state index is 13.2. The molecular formula is C27H33NO6. The van der Waals surface area contributed by atoms with Gasteiger partial charge in [-0.3, -0.25) is 9.59 Å². The number of nitrogens with zero attached hydrogens (tertiary/aromatic N) is 1. The van der Waals surface area contributed by atoms with Crippen molar-refractivity contribution >= 4 is 17.4 Å². The van der Waals surface area contributed by atoms with Crippen LogP contribution in [0, 0.1) is 6.92 Å². The Balaban J connectivity index is 2.22. The van der Waals surface area contributed by atoms with Crippen LogP contribution in [0.25, 0.3) is 5.76 Å². The lowest BCUT2D eigenvalue weighted by Crippen LogP contribution is -2.30. The Labute approximate surface area is 200 Å². The van der Waals surface area contributed by atoms with Crippen molar-refractivity contribution in [3.8, 4) is 11.5 Å². The van der Waals surface area contributed by atoms with E-state index in [1.54, 1.807) is 31.4 Å². The number of ketones is 1. The van der Waals surface area contributed by atoms with Crippen LogP contribution in [0.1, 0.15) is 61.4 Å². The molecule has 3 rings (SSSR count). The molecule has 0 saturated carbocycles. The number of methoxy groups -OCH3 is 1. The molecule has 1 amide bonds. The number of likely N-dealkylation sites (tertiary alicyclic amines) is 1. The number of rotatable bonds is 9. The van der Waals surface area contributed by atoms with Gasteiger partial charge in [-0.1, -0.05) is 32.9 Å². The zero-order valence-corrected chi connectivity index (χ0v) is 20.4. The van der Waals surface area contributed by atoms with Gasteiger partial charge in [0.25, 0.3) is 11.7 Å². The molecule has 0 aliphatic carbocycles. The minimum absolute atomic E-state index is 0.0562. The molecule has 1 unspecified atom stereocenters. The van der Waals surface area contributed by atoms with E-state index in [2.05, 4.69) is 0 Å². The average Bonchev–Trinajstić information content (AvgIpc) is 3.07. The molecule has 1 heterocycles. The highest BCUT2D eigenvalue weighted by Crippen LogP contribution is 2.42. The predicted molar refractivity (Wildman–Crippen MR) is 130 cm³/mol. The van der Waals surface area contributed by atoms with Crippen molar-refractivity contribution in [1.82, 2.24) is 4.90 Å². The Hall–Kier alpha value is -3.32. The Morgan fingerprint density at radius 2 is 1.91 bits per heavy atom. The van der Waals surface area contributed by atoms with E-state index in [1.807, 2.05) is 39.8 Å². The minimum atomic E-state index is -0.748. The first-order valence-electron chi connectivity index (χ1n) is 11.6. The van der Waals surface area contributed by atoms with Gasteiger partial charge < -0.3 is 24.6 Å². The van der Waals surface area contributed by atoms with Gasteiger partial charge in [-0.15, -0.1) is 0 Å². The Kier molecular flexibility index (Phi) is 7.99. The monoisotopic (exact) mass is 467 g/mol. The summed E-state index contributed by atoms with van der Waals surface area (Å²) in [5, 5.41) is 20.5. The van der Waals surface area contributed by atoms with E-state index < -0.39 is 17.7 Å². The smallest absolute Gasteiger partial charge is 0.295 e. The van der Waals surface area contributed by atoms with Crippen molar-refractivity contribution in [2.24, 2.45) is 0 Å². The van der Waals surface area contributed by atoms with Crippen molar-refractivity contribution in [2.75, 3.05) is 26.9 Å². The molecule has 2 aromatic rings. The lowest BCUT2D eigenvalue weighted by molar-refractivity contribution is -0.139. The Bertz CT molecular complexity index is 1100. The van der Waals surface area contributed by atoms with E-state index in [0.29, 0.717) is 35.6 Å². The van der Waals surface area contributed by atoms with E-state index in [1.165, 1.54) is 4.90 Å².